The van der Waals surface area contributed by atoms with Gasteiger partial charge in [-0.2, -0.15) is 0 Å². The molecule has 0 radical (unpaired) electrons. The molecule has 1 atom stereocenters. The zero-order valence-electron chi connectivity index (χ0n) is 8.51. The molecule has 0 heterocycles. The maximum absolute atomic E-state index is 10.5. The standard InChI is InChI=1S/C10H13N3O2S/c11-8(9(14)15)5-6-1-3-7(4-2-6)13-10(12)16/h1-4,8H,5,11H2,(H,14,15)(H3,12,13,16)/t8-/m0/s1. The zero-order chi connectivity index (χ0) is 12.1. The van der Waals surface area contributed by atoms with Crippen LogP contribution in [-0.4, -0.2) is 22.2 Å². The van der Waals surface area contributed by atoms with Crippen LogP contribution in [-0.2, 0) is 11.2 Å². The lowest BCUT2D eigenvalue weighted by molar-refractivity contribution is -0.138. The maximum atomic E-state index is 10.5. The number of nitrogens with two attached hydrogens (primary N) is 2. The number of aliphatic carboxylic acids is 1. The van der Waals surface area contributed by atoms with E-state index >= 15 is 0 Å². The number of anilines is 1. The topological polar surface area (TPSA) is 101 Å². The van der Waals surface area contributed by atoms with E-state index in [1.165, 1.54) is 0 Å². The summed E-state index contributed by atoms with van der Waals surface area (Å²) in [6.07, 6.45) is 0.294. The van der Waals surface area contributed by atoms with Crippen LogP contribution in [0.4, 0.5) is 5.69 Å². The summed E-state index contributed by atoms with van der Waals surface area (Å²) in [6, 6.07) is 6.22. The van der Waals surface area contributed by atoms with Gasteiger partial charge in [-0.15, -0.1) is 0 Å². The molecule has 0 aromatic heterocycles. The van der Waals surface area contributed by atoms with Crippen molar-refractivity contribution in [1.82, 2.24) is 0 Å². The van der Waals surface area contributed by atoms with Crippen molar-refractivity contribution in [3.05, 3.63) is 29.8 Å². The Labute approximate surface area is 98.4 Å². The monoisotopic (exact) mass is 239 g/mol. The summed E-state index contributed by atoms with van der Waals surface area (Å²) in [7, 11) is 0. The van der Waals surface area contributed by atoms with Crippen LogP contribution >= 0.6 is 12.2 Å². The van der Waals surface area contributed by atoms with E-state index in [4.69, 9.17) is 16.6 Å². The van der Waals surface area contributed by atoms with E-state index in [0.717, 1.165) is 11.3 Å². The lowest BCUT2D eigenvalue weighted by atomic mass is 10.1. The van der Waals surface area contributed by atoms with Gasteiger partial charge in [0, 0.05) is 5.69 Å². The van der Waals surface area contributed by atoms with Crippen molar-refractivity contribution in [1.29, 1.82) is 0 Å². The van der Waals surface area contributed by atoms with Gasteiger partial charge in [-0.1, -0.05) is 12.1 Å². The van der Waals surface area contributed by atoms with Crippen LogP contribution in [0.25, 0.3) is 0 Å². The number of hydrogen-bond donors (Lipinski definition) is 4. The number of thiocarbonyl (C=S) groups is 1. The van der Waals surface area contributed by atoms with E-state index < -0.39 is 12.0 Å². The van der Waals surface area contributed by atoms with Crippen LogP contribution in [0, 0.1) is 0 Å². The van der Waals surface area contributed by atoms with Crippen molar-refractivity contribution in [2.24, 2.45) is 11.5 Å². The second kappa shape index (κ2) is 5.43. The van der Waals surface area contributed by atoms with Gasteiger partial charge >= 0.3 is 5.97 Å². The van der Waals surface area contributed by atoms with Crippen molar-refractivity contribution in [3.63, 3.8) is 0 Å². The molecule has 0 saturated carbocycles. The number of benzene rings is 1. The van der Waals surface area contributed by atoms with Gasteiger partial charge in [0.25, 0.3) is 0 Å². The Morgan fingerprint density at radius 2 is 2.00 bits per heavy atom. The number of nitrogens with one attached hydrogen (secondary N) is 1. The van der Waals surface area contributed by atoms with Crippen LogP contribution in [0.3, 0.4) is 0 Å². The third kappa shape index (κ3) is 3.84. The molecule has 0 aliphatic carbocycles. The van der Waals surface area contributed by atoms with E-state index in [0.29, 0.717) is 6.42 Å². The average molecular weight is 239 g/mol. The fourth-order valence-corrected chi connectivity index (χ4v) is 1.33. The fraction of sp³-hybridized carbons (Fsp3) is 0.200. The Morgan fingerprint density at radius 3 is 2.44 bits per heavy atom. The number of rotatable bonds is 4. The summed E-state index contributed by atoms with van der Waals surface area (Å²) in [5.74, 6) is -1.01. The van der Waals surface area contributed by atoms with Crippen molar-refractivity contribution < 1.29 is 9.90 Å². The quantitative estimate of drug-likeness (QED) is 0.564. The van der Waals surface area contributed by atoms with Gasteiger partial charge in [0.15, 0.2) is 5.11 Å². The zero-order valence-corrected chi connectivity index (χ0v) is 9.33. The van der Waals surface area contributed by atoms with Crippen LogP contribution < -0.4 is 16.8 Å². The van der Waals surface area contributed by atoms with Gasteiger partial charge in [0.05, 0.1) is 0 Å². The molecule has 0 aliphatic heterocycles. The first-order valence-electron chi connectivity index (χ1n) is 4.63. The largest absolute Gasteiger partial charge is 0.480 e. The number of carbonyl (C=O) groups is 1. The normalized spacial score (nSPS) is 11.8. The first kappa shape index (κ1) is 12.4. The molecule has 0 spiro atoms. The number of carboxylic acids is 1. The highest BCUT2D eigenvalue weighted by molar-refractivity contribution is 7.80. The first-order valence-corrected chi connectivity index (χ1v) is 5.03. The molecule has 0 aliphatic rings. The van der Waals surface area contributed by atoms with Crippen LogP contribution in [0.5, 0.6) is 0 Å². The van der Waals surface area contributed by atoms with E-state index in [1.54, 1.807) is 24.3 Å². The Morgan fingerprint density at radius 1 is 1.44 bits per heavy atom. The summed E-state index contributed by atoms with van der Waals surface area (Å²) in [5.41, 5.74) is 12.3. The van der Waals surface area contributed by atoms with Crippen molar-refractivity contribution in [2.45, 2.75) is 12.5 Å². The minimum atomic E-state index is -1.01. The molecule has 6 N–H and O–H groups in total. The molecule has 5 nitrogen and oxygen atoms in total. The highest BCUT2D eigenvalue weighted by Gasteiger charge is 2.11. The Hall–Kier alpha value is -1.66. The molecule has 0 bridgehead atoms. The summed E-state index contributed by atoms with van der Waals surface area (Å²) in [5, 5.41) is 11.6. The third-order valence-corrected chi connectivity index (χ3v) is 2.10. The lowest BCUT2D eigenvalue weighted by Gasteiger charge is -2.08. The SMILES string of the molecule is NC(=S)Nc1ccc(C[C@H](N)C(=O)O)cc1. The van der Waals surface area contributed by atoms with Gasteiger partial charge in [-0.05, 0) is 36.3 Å². The Balaban J connectivity index is 2.64. The van der Waals surface area contributed by atoms with E-state index in [-0.39, 0.29) is 5.11 Å². The van der Waals surface area contributed by atoms with Crippen LogP contribution in [0.15, 0.2) is 24.3 Å². The molecule has 1 aromatic rings. The van der Waals surface area contributed by atoms with Gasteiger partial charge in [0.2, 0.25) is 0 Å². The number of carboxylic acid groups (broad SMARTS) is 1. The third-order valence-electron chi connectivity index (χ3n) is 1.99. The molecular weight excluding hydrogens is 226 g/mol. The molecule has 1 aromatic carbocycles. The van der Waals surface area contributed by atoms with Crippen molar-refractivity contribution >= 4 is 29.0 Å². The summed E-state index contributed by atoms with van der Waals surface area (Å²) >= 11 is 4.68. The molecule has 86 valence electrons. The van der Waals surface area contributed by atoms with Gasteiger partial charge in [-0.25, -0.2) is 0 Å². The highest BCUT2D eigenvalue weighted by atomic mass is 32.1. The summed E-state index contributed by atoms with van der Waals surface area (Å²) < 4.78 is 0. The Kier molecular flexibility index (Phi) is 4.21. The summed E-state index contributed by atoms with van der Waals surface area (Å²) in [4.78, 5) is 10.5. The summed E-state index contributed by atoms with van der Waals surface area (Å²) in [6.45, 7) is 0. The maximum Gasteiger partial charge on any atom is 0.320 e. The molecule has 6 heteroatoms. The molecule has 16 heavy (non-hydrogen) atoms. The van der Waals surface area contributed by atoms with E-state index in [1.807, 2.05) is 0 Å². The number of hydrogen-bond acceptors (Lipinski definition) is 3. The fourth-order valence-electron chi connectivity index (χ4n) is 1.21. The predicted octanol–water partition coefficient (Wildman–Crippen LogP) is 0.297. The molecule has 0 saturated heterocycles. The minimum absolute atomic E-state index is 0.190. The van der Waals surface area contributed by atoms with Gasteiger partial charge in [0.1, 0.15) is 6.04 Å². The predicted molar refractivity (Wildman–Crippen MR) is 66.2 cm³/mol. The molecule has 0 unspecified atom stereocenters. The Bertz CT molecular complexity index is 392. The molecular formula is C10H13N3O2S. The van der Waals surface area contributed by atoms with Gasteiger partial charge < -0.3 is 21.9 Å². The smallest absolute Gasteiger partial charge is 0.320 e. The van der Waals surface area contributed by atoms with Crippen LogP contribution in [0.2, 0.25) is 0 Å². The molecule has 0 amide bonds. The van der Waals surface area contributed by atoms with Crippen molar-refractivity contribution in [3.8, 4) is 0 Å². The highest BCUT2D eigenvalue weighted by Crippen LogP contribution is 2.10. The van der Waals surface area contributed by atoms with Gasteiger partial charge in [-0.3, -0.25) is 4.79 Å². The van der Waals surface area contributed by atoms with E-state index in [9.17, 15) is 4.79 Å². The molecule has 1 rings (SSSR count). The first-order chi connectivity index (χ1) is 7.49. The van der Waals surface area contributed by atoms with Crippen molar-refractivity contribution in [2.75, 3.05) is 5.32 Å². The van der Waals surface area contributed by atoms with Crippen LogP contribution in [0.1, 0.15) is 5.56 Å². The van der Waals surface area contributed by atoms with E-state index in [2.05, 4.69) is 17.5 Å². The minimum Gasteiger partial charge on any atom is -0.480 e. The molecule has 0 fully saturated rings. The lowest BCUT2D eigenvalue weighted by Crippen LogP contribution is -2.32. The average Bonchev–Trinajstić information content (AvgIpc) is 2.20. The second-order valence-corrected chi connectivity index (χ2v) is 3.77. The second-order valence-electron chi connectivity index (χ2n) is 3.34.